The van der Waals surface area contributed by atoms with Gasteiger partial charge in [0.15, 0.2) is 5.78 Å². The van der Waals surface area contributed by atoms with Crippen molar-refractivity contribution >= 4 is 37.6 Å². The summed E-state index contributed by atoms with van der Waals surface area (Å²) in [7, 11) is 0. The highest BCUT2D eigenvalue weighted by Gasteiger charge is 2.25. The summed E-state index contributed by atoms with van der Waals surface area (Å²) in [5.41, 5.74) is 0.117. The van der Waals surface area contributed by atoms with Gasteiger partial charge in [-0.1, -0.05) is 37.9 Å². The number of Topliss-reactive ketones (excluding diaryl/α,β-unsaturated/α-hetero) is 1. The average molecular weight is 415 g/mol. The number of nitrogens with zero attached hydrogens (tertiary/aromatic N) is 1. The maximum atomic E-state index is 13.8. The van der Waals surface area contributed by atoms with Crippen molar-refractivity contribution < 1.29 is 13.6 Å². The summed E-state index contributed by atoms with van der Waals surface area (Å²) in [6, 6.07) is 9.38. The summed E-state index contributed by atoms with van der Waals surface area (Å²) in [4.78, 5) is 12.4. The van der Waals surface area contributed by atoms with E-state index in [1.54, 1.807) is 24.3 Å². The summed E-state index contributed by atoms with van der Waals surface area (Å²) in [6.45, 7) is 0. The van der Waals surface area contributed by atoms with Crippen molar-refractivity contribution in [2.45, 2.75) is 5.92 Å². The molecule has 21 heavy (non-hydrogen) atoms. The molecule has 0 aliphatic heterocycles. The van der Waals surface area contributed by atoms with Gasteiger partial charge in [-0.2, -0.15) is 5.26 Å². The Morgan fingerprint density at radius 1 is 1.10 bits per heavy atom. The highest BCUT2D eigenvalue weighted by atomic mass is 79.9. The van der Waals surface area contributed by atoms with Gasteiger partial charge < -0.3 is 0 Å². The lowest BCUT2D eigenvalue weighted by atomic mass is 9.91. The molecule has 0 heterocycles. The number of carbonyl (C=O) groups excluding carboxylic acids is 1. The van der Waals surface area contributed by atoms with Crippen molar-refractivity contribution in [3.63, 3.8) is 0 Å². The van der Waals surface area contributed by atoms with Gasteiger partial charge in [0.1, 0.15) is 17.6 Å². The van der Waals surface area contributed by atoms with Gasteiger partial charge in [-0.15, -0.1) is 0 Å². The summed E-state index contributed by atoms with van der Waals surface area (Å²) >= 11 is 6.49. The second-order valence-electron chi connectivity index (χ2n) is 4.25. The highest BCUT2D eigenvalue weighted by Crippen LogP contribution is 2.27. The van der Waals surface area contributed by atoms with Crippen LogP contribution in [0.25, 0.3) is 0 Å². The molecule has 0 saturated carbocycles. The molecule has 1 unspecified atom stereocenters. The molecule has 2 aromatic carbocycles. The van der Waals surface area contributed by atoms with Crippen LogP contribution in [0.5, 0.6) is 0 Å². The number of carbonyl (C=O) groups is 1. The van der Waals surface area contributed by atoms with E-state index in [-0.39, 0.29) is 11.1 Å². The first kappa shape index (κ1) is 15.8. The molecular weight excluding hydrogens is 408 g/mol. The van der Waals surface area contributed by atoms with Crippen LogP contribution in [0, 0.1) is 23.0 Å². The standard InChI is InChI=1S/C15H7Br2F2NO/c16-9-3-8(4-10(17)5-9)15(21)13(7-20)12-2-1-11(18)6-14(12)19/h1-6,13H. The lowest BCUT2D eigenvalue weighted by Crippen LogP contribution is -2.13. The lowest BCUT2D eigenvalue weighted by Gasteiger charge is -2.10. The van der Waals surface area contributed by atoms with Gasteiger partial charge in [0.25, 0.3) is 0 Å². The molecule has 0 bridgehead atoms. The molecule has 0 N–H and O–H groups in total. The van der Waals surface area contributed by atoms with Crippen molar-refractivity contribution in [1.29, 1.82) is 5.26 Å². The van der Waals surface area contributed by atoms with Crippen LogP contribution >= 0.6 is 31.9 Å². The molecule has 0 fully saturated rings. The first-order chi connectivity index (χ1) is 9.92. The molecule has 0 spiro atoms. The molecular formula is C15H7Br2F2NO. The second kappa shape index (κ2) is 6.46. The summed E-state index contributed by atoms with van der Waals surface area (Å²) in [6.07, 6.45) is 0. The third-order valence-electron chi connectivity index (χ3n) is 2.81. The zero-order valence-electron chi connectivity index (χ0n) is 10.4. The van der Waals surface area contributed by atoms with Gasteiger partial charge in [-0.3, -0.25) is 4.79 Å². The molecule has 2 rings (SSSR count). The average Bonchev–Trinajstić information content (AvgIpc) is 2.40. The number of benzene rings is 2. The summed E-state index contributed by atoms with van der Waals surface area (Å²) < 4.78 is 28.0. The van der Waals surface area contributed by atoms with Crippen LogP contribution in [-0.2, 0) is 0 Å². The molecule has 0 aliphatic carbocycles. The van der Waals surface area contributed by atoms with Crippen molar-refractivity contribution in [2.75, 3.05) is 0 Å². The van der Waals surface area contributed by atoms with Crippen LogP contribution in [0.4, 0.5) is 8.78 Å². The Labute approximate surface area is 136 Å². The fraction of sp³-hybridized carbons (Fsp3) is 0.0667. The zero-order valence-corrected chi connectivity index (χ0v) is 13.6. The van der Waals surface area contributed by atoms with E-state index < -0.39 is 23.3 Å². The predicted octanol–water partition coefficient (Wildman–Crippen LogP) is 4.98. The zero-order chi connectivity index (χ0) is 15.6. The quantitative estimate of drug-likeness (QED) is 0.664. The number of ketones is 1. The normalized spacial score (nSPS) is 11.8. The Morgan fingerprint density at radius 3 is 2.24 bits per heavy atom. The Bertz CT molecular complexity index is 736. The Kier molecular flexibility index (Phi) is 4.86. The Morgan fingerprint density at radius 2 is 1.71 bits per heavy atom. The fourth-order valence-electron chi connectivity index (χ4n) is 1.87. The maximum Gasteiger partial charge on any atom is 0.184 e. The largest absolute Gasteiger partial charge is 0.292 e. The molecule has 0 radical (unpaired) electrons. The van der Waals surface area contributed by atoms with Gasteiger partial charge in [0.05, 0.1) is 6.07 Å². The van der Waals surface area contributed by atoms with E-state index in [9.17, 15) is 18.8 Å². The Hall–Kier alpha value is -1.58. The summed E-state index contributed by atoms with van der Waals surface area (Å²) in [5.74, 6) is -3.55. The number of halogens is 4. The Balaban J connectivity index is 2.46. The number of hydrogen-bond acceptors (Lipinski definition) is 2. The van der Waals surface area contributed by atoms with E-state index in [4.69, 9.17) is 0 Å². The summed E-state index contributed by atoms with van der Waals surface area (Å²) in [5, 5.41) is 9.19. The molecule has 2 aromatic rings. The minimum absolute atomic E-state index is 0.139. The van der Waals surface area contributed by atoms with Gasteiger partial charge in [-0.25, -0.2) is 8.78 Å². The number of hydrogen-bond donors (Lipinski definition) is 0. The molecule has 0 amide bonds. The van der Waals surface area contributed by atoms with Crippen molar-refractivity contribution in [1.82, 2.24) is 0 Å². The number of rotatable bonds is 3. The van der Waals surface area contributed by atoms with Crippen molar-refractivity contribution in [3.05, 3.63) is 68.1 Å². The molecule has 0 saturated heterocycles. The van der Waals surface area contributed by atoms with Crippen LogP contribution in [0.2, 0.25) is 0 Å². The smallest absolute Gasteiger partial charge is 0.184 e. The first-order valence-electron chi connectivity index (χ1n) is 5.77. The van der Waals surface area contributed by atoms with Gasteiger partial charge in [0, 0.05) is 26.1 Å². The van der Waals surface area contributed by atoms with Crippen molar-refractivity contribution in [3.8, 4) is 6.07 Å². The topological polar surface area (TPSA) is 40.9 Å². The van der Waals surface area contributed by atoms with E-state index in [0.29, 0.717) is 15.0 Å². The van der Waals surface area contributed by atoms with E-state index in [1.807, 2.05) is 0 Å². The molecule has 2 nitrogen and oxygen atoms in total. The van der Waals surface area contributed by atoms with E-state index in [0.717, 1.165) is 12.1 Å². The van der Waals surface area contributed by atoms with E-state index in [2.05, 4.69) is 31.9 Å². The molecule has 6 heteroatoms. The molecule has 0 aromatic heterocycles. The van der Waals surface area contributed by atoms with Crippen LogP contribution in [-0.4, -0.2) is 5.78 Å². The maximum absolute atomic E-state index is 13.8. The van der Waals surface area contributed by atoms with Gasteiger partial charge >= 0.3 is 0 Å². The van der Waals surface area contributed by atoms with Crippen LogP contribution in [0.1, 0.15) is 21.8 Å². The van der Waals surface area contributed by atoms with Gasteiger partial charge in [0.2, 0.25) is 0 Å². The number of nitriles is 1. The molecule has 0 aliphatic rings. The minimum atomic E-state index is -1.33. The van der Waals surface area contributed by atoms with Crippen LogP contribution in [0.3, 0.4) is 0 Å². The van der Waals surface area contributed by atoms with Gasteiger partial charge in [-0.05, 0) is 24.3 Å². The monoisotopic (exact) mass is 413 g/mol. The predicted molar refractivity (Wildman–Crippen MR) is 80.9 cm³/mol. The molecule has 106 valence electrons. The highest BCUT2D eigenvalue weighted by molar-refractivity contribution is 9.11. The van der Waals surface area contributed by atoms with E-state index >= 15 is 0 Å². The second-order valence-corrected chi connectivity index (χ2v) is 6.08. The van der Waals surface area contributed by atoms with E-state index in [1.165, 1.54) is 0 Å². The molecule has 1 atom stereocenters. The van der Waals surface area contributed by atoms with Crippen LogP contribution in [0.15, 0.2) is 45.3 Å². The SMILES string of the molecule is N#CC(C(=O)c1cc(Br)cc(Br)c1)c1ccc(F)cc1F. The fourth-order valence-corrected chi connectivity index (χ4v) is 3.16. The first-order valence-corrected chi connectivity index (χ1v) is 7.36. The lowest BCUT2D eigenvalue weighted by molar-refractivity contribution is 0.0977. The van der Waals surface area contributed by atoms with Crippen molar-refractivity contribution in [2.24, 2.45) is 0 Å². The van der Waals surface area contributed by atoms with Crippen LogP contribution < -0.4 is 0 Å². The third-order valence-corrected chi connectivity index (χ3v) is 3.73. The third kappa shape index (κ3) is 3.55. The minimum Gasteiger partial charge on any atom is -0.292 e.